The van der Waals surface area contributed by atoms with Crippen LogP contribution in [0.15, 0.2) is 0 Å². The topological polar surface area (TPSA) is 35.8 Å². The minimum atomic E-state index is -0.305. The van der Waals surface area contributed by atoms with E-state index in [0.717, 1.165) is 12.8 Å². The fraction of sp³-hybridized carbons (Fsp3) is 0.944. The second-order valence-corrected chi connectivity index (χ2v) is 8.89. The third-order valence-electron chi connectivity index (χ3n) is 5.07. The third-order valence-corrected chi connectivity index (χ3v) is 5.07. The molecule has 0 amide bonds. The molecule has 2 heteroatoms. The van der Waals surface area contributed by atoms with Crippen molar-refractivity contribution in [2.45, 2.75) is 97.1 Å². The molecule has 0 atom stereocenters. The third kappa shape index (κ3) is 3.98. The van der Waals surface area contributed by atoms with Crippen LogP contribution in [0.4, 0.5) is 0 Å². The average Bonchev–Trinajstić information content (AvgIpc) is 2.53. The molecule has 2 fully saturated rings. The Bertz CT molecular complexity index is 351. The second-order valence-electron chi connectivity index (χ2n) is 8.89. The number of hydrogen-bond acceptors (Lipinski definition) is 2. The Morgan fingerprint density at radius 3 is 1.80 bits per heavy atom. The van der Waals surface area contributed by atoms with Gasteiger partial charge in [0.1, 0.15) is 5.54 Å². The monoisotopic (exact) mass is 276 g/mol. The molecular formula is C18H32N2. The predicted octanol–water partition coefficient (Wildman–Crippen LogP) is 4.80. The minimum Gasteiger partial charge on any atom is -0.297 e. The van der Waals surface area contributed by atoms with Gasteiger partial charge >= 0.3 is 0 Å². The number of nitrogens with one attached hydrogen (secondary N) is 1. The first-order chi connectivity index (χ1) is 9.26. The minimum absolute atomic E-state index is 0.259. The van der Waals surface area contributed by atoms with Crippen LogP contribution < -0.4 is 5.32 Å². The first-order valence-electron chi connectivity index (χ1n) is 8.45. The van der Waals surface area contributed by atoms with E-state index >= 15 is 0 Å². The molecule has 114 valence electrons. The smallest absolute Gasteiger partial charge is 0.108 e. The van der Waals surface area contributed by atoms with Crippen LogP contribution in [0.1, 0.15) is 85.5 Å². The van der Waals surface area contributed by atoms with E-state index in [2.05, 4.69) is 39.1 Å². The Morgan fingerprint density at radius 2 is 1.35 bits per heavy atom. The number of nitriles is 1. The van der Waals surface area contributed by atoms with E-state index in [1.54, 1.807) is 0 Å². The van der Waals surface area contributed by atoms with Gasteiger partial charge in [0.2, 0.25) is 0 Å². The maximum absolute atomic E-state index is 9.89. The van der Waals surface area contributed by atoms with Crippen molar-refractivity contribution >= 4 is 0 Å². The van der Waals surface area contributed by atoms with Crippen molar-refractivity contribution in [1.29, 1.82) is 5.26 Å². The van der Waals surface area contributed by atoms with Crippen molar-refractivity contribution in [2.75, 3.05) is 0 Å². The average molecular weight is 276 g/mol. The van der Waals surface area contributed by atoms with E-state index in [9.17, 15) is 5.26 Å². The molecule has 0 aromatic carbocycles. The van der Waals surface area contributed by atoms with Crippen LogP contribution in [0.2, 0.25) is 0 Å². The maximum atomic E-state index is 9.89. The van der Waals surface area contributed by atoms with E-state index in [4.69, 9.17) is 0 Å². The molecule has 0 bridgehead atoms. The van der Waals surface area contributed by atoms with Gasteiger partial charge in [-0.15, -0.1) is 0 Å². The van der Waals surface area contributed by atoms with Gasteiger partial charge in [-0.2, -0.15) is 5.26 Å². The Labute approximate surface area is 125 Å². The Morgan fingerprint density at radius 1 is 0.850 bits per heavy atom. The summed E-state index contributed by atoms with van der Waals surface area (Å²) in [6.45, 7) is 9.31. The molecule has 0 spiro atoms. The zero-order chi connectivity index (χ0) is 14.9. The van der Waals surface area contributed by atoms with Crippen molar-refractivity contribution < 1.29 is 0 Å². The van der Waals surface area contributed by atoms with Crippen LogP contribution >= 0.6 is 0 Å². The van der Waals surface area contributed by atoms with Crippen molar-refractivity contribution in [3.05, 3.63) is 0 Å². The van der Waals surface area contributed by atoms with Gasteiger partial charge in [-0.25, -0.2) is 0 Å². The lowest BCUT2D eigenvalue weighted by molar-refractivity contribution is 0.0483. The van der Waals surface area contributed by atoms with Crippen molar-refractivity contribution in [3.8, 4) is 6.07 Å². The number of hydrogen-bond donors (Lipinski definition) is 1. The first kappa shape index (κ1) is 15.8. The van der Waals surface area contributed by atoms with Crippen molar-refractivity contribution in [3.63, 3.8) is 0 Å². The quantitative estimate of drug-likeness (QED) is 0.735. The van der Waals surface area contributed by atoms with Gasteiger partial charge in [-0.3, -0.25) is 5.32 Å². The molecule has 0 heterocycles. The molecule has 0 aromatic rings. The number of nitrogens with zero attached hydrogens (tertiary/aromatic N) is 1. The van der Waals surface area contributed by atoms with Crippen LogP contribution in [0.25, 0.3) is 0 Å². The summed E-state index contributed by atoms with van der Waals surface area (Å²) in [7, 11) is 0. The van der Waals surface area contributed by atoms with Crippen LogP contribution in [0.5, 0.6) is 0 Å². The summed E-state index contributed by atoms with van der Waals surface area (Å²) in [5.41, 5.74) is 0.213. The highest BCUT2D eigenvalue weighted by Crippen LogP contribution is 2.50. The lowest BCUT2D eigenvalue weighted by atomic mass is 9.58. The normalized spacial score (nSPS) is 29.4. The van der Waals surface area contributed by atoms with Gasteiger partial charge in [0.25, 0.3) is 0 Å². The summed E-state index contributed by atoms with van der Waals surface area (Å²) in [6, 6.07) is 3.24. The maximum Gasteiger partial charge on any atom is 0.108 e. The zero-order valence-electron chi connectivity index (χ0n) is 13.9. The Balaban J connectivity index is 2.13. The molecule has 0 radical (unpaired) electrons. The van der Waals surface area contributed by atoms with Crippen molar-refractivity contribution in [1.82, 2.24) is 5.32 Å². The highest BCUT2D eigenvalue weighted by Gasteiger charge is 2.48. The lowest BCUT2D eigenvalue weighted by Gasteiger charge is -2.50. The largest absolute Gasteiger partial charge is 0.297 e. The molecule has 0 unspecified atom stereocenters. The van der Waals surface area contributed by atoms with Gasteiger partial charge in [0.05, 0.1) is 6.07 Å². The van der Waals surface area contributed by atoms with Crippen LogP contribution in [0, 0.1) is 22.2 Å². The molecule has 2 rings (SSSR count). The SMILES string of the molecule is CC1(C)CC(C)(C)CC(C#N)(NC2CCCCCC2)C1. The van der Waals surface area contributed by atoms with Crippen LogP contribution in [-0.4, -0.2) is 11.6 Å². The van der Waals surface area contributed by atoms with E-state index in [1.165, 1.54) is 44.9 Å². The summed E-state index contributed by atoms with van der Waals surface area (Å²) in [5, 5.41) is 13.7. The van der Waals surface area contributed by atoms with E-state index < -0.39 is 0 Å². The predicted molar refractivity (Wildman–Crippen MR) is 84.4 cm³/mol. The summed E-state index contributed by atoms with van der Waals surface area (Å²) in [6.07, 6.45) is 11.1. The van der Waals surface area contributed by atoms with Gasteiger partial charge in [0.15, 0.2) is 0 Å². The molecular weight excluding hydrogens is 244 g/mol. The molecule has 0 saturated heterocycles. The van der Waals surface area contributed by atoms with Crippen LogP contribution in [0.3, 0.4) is 0 Å². The molecule has 0 aliphatic heterocycles. The van der Waals surface area contributed by atoms with Crippen molar-refractivity contribution in [2.24, 2.45) is 10.8 Å². The van der Waals surface area contributed by atoms with Gasteiger partial charge in [-0.1, -0.05) is 53.4 Å². The van der Waals surface area contributed by atoms with Crippen LogP contribution in [-0.2, 0) is 0 Å². The highest BCUT2D eigenvalue weighted by atomic mass is 15.0. The summed E-state index contributed by atoms with van der Waals surface area (Å²) in [5.74, 6) is 0. The zero-order valence-corrected chi connectivity index (χ0v) is 13.9. The molecule has 2 saturated carbocycles. The van der Waals surface area contributed by atoms with E-state index in [1.807, 2.05) is 0 Å². The molecule has 1 N–H and O–H groups in total. The fourth-order valence-electron chi connectivity index (χ4n) is 5.14. The van der Waals surface area contributed by atoms with Gasteiger partial charge in [0, 0.05) is 6.04 Å². The van der Waals surface area contributed by atoms with Gasteiger partial charge < -0.3 is 0 Å². The Kier molecular flexibility index (Phi) is 4.50. The fourth-order valence-corrected chi connectivity index (χ4v) is 5.14. The first-order valence-corrected chi connectivity index (χ1v) is 8.45. The van der Waals surface area contributed by atoms with E-state index in [0.29, 0.717) is 6.04 Å². The molecule has 2 aliphatic carbocycles. The second kappa shape index (κ2) is 5.68. The highest BCUT2D eigenvalue weighted by molar-refractivity contribution is 5.15. The molecule has 2 nitrogen and oxygen atoms in total. The molecule has 0 aromatic heterocycles. The van der Waals surface area contributed by atoms with E-state index in [-0.39, 0.29) is 16.4 Å². The van der Waals surface area contributed by atoms with Gasteiger partial charge in [-0.05, 0) is 42.9 Å². The number of rotatable bonds is 2. The molecule has 20 heavy (non-hydrogen) atoms. The summed E-state index contributed by atoms with van der Waals surface area (Å²) >= 11 is 0. The Hall–Kier alpha value is -0.550. The standard InChI is InChI=1S/C18H32N2/c1-16(2)11-17(3,4)13-18(12-16,14-19)20-15-9-7-5-6-8-10-15/h15,20H,5-13H2,1-4H3. The molecule has 2 aliphatic rings. The summed E-state index contributed by atoms with van der Waals surface area (Å²) in [4.78, 5) is 0. The summed E-state index contributed by atoms with van der Waals surface area (Å²) < 4.78 is 0. The lowest BCUT2D eigenvalue weighted by Crippen LogP contribution is -2.57.